The molecule has 1 aromatic heterocycles. The van der Waals surface area contributed by atoms with Gasteiger partial charge in [-0.3, -0.25) is 9.52 Å². The lowest BCUT2D eigenvalue weighted by Gasteiger charge is -2.31. The molecular formula is C18H15Cl2F5N4O4S. The average molecular weight is 549 g/mol. The molecule has 1 unspecified atom stereocenters. The third kappa shape index (κ3) is 5.98. The number of nitrogens with zero attached hydrogens (tertiary/aromatic N) is 2. The van der Waals surface area contributed by atoms with Gasteiger partial charge in [-0.15, -0.1) is 0 Å². The highest BCUT2D eigenvalue weighted by Crippen LogP contribution is 2.35. The monoisotopic (exact) mass is 548 g/mol. The van der Waals surface area contributed by atoms with Crippen molar-refractivity contribution in [3.05, 3.63) is 45.8 Å². The van der Waals surface area contributed by atoms with E-state index >= 15 is 0 Å². The minimum Gasteiger partial charge on any atom is -0.470 e. The van der Waals surface area contributed by atoms with E-state index < -0.39 is 52.2 Å². The highest BCUT2D eigenvalue weighted by Gasteiger charge is 2.42. The van der Waals surface area contributed by atoms with Gasteiger partial charge in [0.05, 0.1) is 16.8 Å². The number of amides is 1. The number of pyridine rings is 1. The molecule has 0 bridgehead atoms. The molecule has 0 saturated carbocycles. The normalized spacial score (nSPS) is 16.0. The summed E-state index contributed by atoms with van der Waals surface area (Å²) in [6, 6.07) is 2.67. The van der Waals surface area contributed by atoms with Crippen LogP contribution in [-0.4, -0.2) is 51.4 Å². The van der Waals surface area contributed by atoms with E-state index in [4.69, 9.17) is 32.7 Å². The summed E-state index contributed by atoms with van der Waals surface area (Å²) in [5.41, 5.74) is -0.585. The first-order valence-corrected chi connectivity index (χ1v) is 11.5. The number of aromatic nitrogens is 1. The molecule has 186 valence electrons. The lowest BCUT2D eigenvalue weighted by atomic mass is 10.2. The van der Waals surface area contributed by atoms with Crippen LogP contribution < -0.4 is 14.2 Å². The van der Waals surface area contributed by atoms with Crippen LogP contribution >= 0.6 is 23.2 Å². The molecule has 1 atom stereocenters. The molecule has 0 aliphatic carbocycles. The molecular weight excluding hydrogens is 534 g/mol. The maximum atomic E-state index is 14.5. The van der Waals surface area contributed by atoms with Crippen LogP contribution in [0.3, 0.4) is 0 Å². The van der Waals surface area contributed by atoms with Gasteiger partial charge in [-0.2, -0.15) is 8.78 Å². The minimum absolute atomic E-state index is 0.150. The van der Waals surface area contributed by atoms with E-state index in [2.05, 4.69) is 9.72 Å². The lowest BCUT2D eigenvalue weighted by molar-refractivity contribution is -0.148. The number of carbonyl (C=O) groups excluding carboxylic acids is 1. The quantitative estimate of drug-likeness (QED) is 0.433. The number of hydrogen-bond acceptors (Lipinski definition) is 6. The number of rotatable bonds is 9. The summed E-state index contributed by atoms with van der Waals surface area (Å²) in [5.74, 6) is -7.65. The van der Waals surface area contributed by atoms with Gasteiger partial charge < -0.3 is 9.47 Å². The molecule has 2 N–H and O–H groups in total. The van der Waals surface area contributed by atoms with Gasteiger partial charge in [-0.1, -0.05) is 23.2 Å². The van der Waals surface area contributed by atoms with Crippen molar-refractivity contribution in [2.75, 3.05) is 19.7 Å². The third-order valence-corrected chi connectivity index (χ3v) is 6.53. The molecule has 2 heterocycles. The molecule has 1 aliphatic heterocycles. The fourth-order valence-electron chi connectivity index (χ4n) is 2.49. The van der Waals surface area contributed by atoms with Crippen LogP contribution in [0.25, 0.3) is 0 Å². The zero-order valence-electron chi connectivity index (χ0n) is 16.8. The second kappa shape index (κ2) is 10.1. The van der Waals surface area contributed by atoms with Gasteiger partial charge in [0.1, 0.15) is 22.3 Å². The van der Waals surface area contributed by atoms with E-state index in [1.54, 1.807) is 0 Å². The number of halogens is 7. The Hall–Kier alpha value is -2.42. The predicted molar refractivity (Wildman–Crippen MR) is 112 cm³/mol. The first-order chi connectivity index (χ1) is 15.8. The first-order valence-electron chi connectivity index (χ1n) is 9.27. The Morgan fingerprint density at radius 2 is 1.94 bits per heavy atom. The highest BCUT2D eigenvalue weighted by atomic mass is 35.5. The Kier molecular flexibility index (Phi) is 7.75. The van der Waals surface area contributed by atoms with Gasteiger partial charge in [-0.05, 0) is 12.5 Å². The molecule has 1 saturated heterocycles. The second-order valence-electron chi connectivity index (χ2n) is 6.91. The van der Waals surface area contributed by atoms with Crippen LogP contribution in [-0.2, 0) is 10.1 Å². The van der Waals surface area contributed by atoms with Crippen LogP contribution in [0.15, 0.2) is 24.4 Å². The SMILES string of the molecule is N=S(=O)(NC(=O)c1cc(Cl)c(Oc2cnc(OCC(F)(F)C(F)F)c(Cl)c2)cc1F)N1CCC1. The highest BCUT2D eigenvalue weighted by molar-refractivity contribution is 7.88. The number of nitrogens with one attached hydrogen (secondary N) is 2. The standard InChI is InChI=1S/C18H15Cl2F5N4O4S/c19-11-5-10(15(30)28-34(26,31)29-2-1-3-29)13(21)6-14(11)33-9-4-12(20)16(27-7-9)32-8-18(24,25)17(22)23/h4-7,17H,1-3,8H2,(H2,26,28,30,31). The molecule has 1 aromatic carbocycles. The smallest absolute Gasteiger partial charge is 0.340 e. The van der Waals surface area contributed by atoms with E-state index in [9.17, 15) is 31.0 Å². The summed E-state index contributed by atoms with van der Waals surface area (Å²) in [5, 5.41) is -0.619. The Morgan fingerprint density at radius 3 is 2.50 bits per heavy atom. The summed E-state index contributed by atoms with van der Waals surface area (Å²) in [7, 11) is -3.62. The minimum atomic E-state index is -4.41. The molecule has 2 aromatic rings. The zero-order chi connectivity index (χ0) is 25.3. The average Bonchev–Trinajstić information content (AvgIpc) is 2.67. The maximum absolute atomic E-state index is 14.5. The Labute approximate surface area is 200 Å². The van der Waals surface area contributed by atoms with Crippen LogP contribution in [0.2, 0.25) is 10.0 Å². The van der Waals surface area contributed by atoms with Gasteiger partial charge >= 0.3 is 12.3 Å². The molecule has 1 aliphatic rings. The van der Waals surface area contributed by atoms with Crippen molar-refractivity contribution in [1.82, 2.24) is 14.0 Å². The molecule has 16 heteroatoms. The third-order valence-electron chi connectivity index (χ3n) is 4.41. The van der Waals surface area contributed by atoms with Crippen LogP contribution in [0.5, 0.6) is 17.4 Å². The Balaban J connectivity index is 1.72. The first kappa shape index (κ1) is 26.2. The van der Waals surface area contributed by atoms with Gasteiger partial charge in [0.25, 0.3) is 5.91 Å². The lowest BCUT2D eigenvalue weighted by Crippen LogP contribution is -2.49. The van der Waals surface area contributed by atoms with Crippen LogP contribution in [0.4, 0.5) is 22.0 Å². The Morgan fingerprint density at radius 1 is 1.26 bits per heavy atom. The van der Waals surface area contributed by atoms with E-state index in [0.717, 1.165) is 24.4 Å². The summed E-state index contributed by atoms with van der Waals surface area (Å²) >= 11 is 11.9. The van der Waals surface area contributed by atoms with Crippen molar-refractivity contribution in [1.29, 1.82) is 4.78 Å². The van der Waals surface area contributed by atoms with E-state index in [1.165, 1.54) is 4.31 Å². The van der Waals surface area contributed by atoms with Crippen molar-refractivity contribution in [2.24, 2.45) is 0 Å². The summed E-state index contributed by atoms with van der Waals surface area (Å²) in [6.07, 6.45) is -2.30. The van der Waals surface area contributed by atoms with Crippen molar-refractivity contribution in [2.45, 2.75) is 18.8 Å². The Bertz CT molecular complexity index is 1200. The number of carbonyl (C=O) groups is 1. The fraction of sp³-hybridized carbons (Fsp3) is 0.333. The molecule has 3 rings (SSSR count). The van der Waals surface area contributed by atoms with E-state index in [1.807, 2.05) is 4.72 Å². The van der Waals surface area contributed by atoms with Gasteiger partial charge in [0, 0.05) is 25.2 Å². The topological polar surface area (TPSA) is 105 Å². The van der Waals surface area contributed by atoms with Crippen LogP contribution in [0.1, 0.15) is 16.8 Å². The molecule has 8 nitrogen and oxygen atoms in total. The van der Waals surface area contributed by atoms with Gasteiger partial charge in [-0.25, -0.2) is 31.4 Å². The predicted octanol–water partition coefficient (Wildman–Crippen LogP) is 4.91. The molecule has 34 heavy (non-hydrogen) atoms. The van der Waals surface area contributed by atoms with Crippen LogP contribution in [0, 0.1) is 10.6 Å². The van der Waals surface area contributed by atoms with Crippen molar-refractivity contribution >= 4 is 39.2 Å². The molecule has 1 amide bonds. The second-order valence-corrected chi connectivity index (χ2v) is 9.50. The number of alkyl halides is 4. The molecule has 0 spiro atoms. The van der Waals surface area contributed by atoms with E-state index in [-0.39, 0.29) is 21.5 Å². The molecule has 1 fully saturated rings. The fourth-order valence-corrected chi connectivity index (χ4v) is 4.17. The number of ether oxygens (including phenoxy) is 2. The number of hydrogen-bond donors (Lipinski definition) is 2. The van der Waals surface area contributed by atoms with E-state index in [0.29, 0.717) is 19.5 Å². The zero-order valence-corrected chi connectivity index (χ0v) is 19.1. The van der Waals surface area contributed by atoms with Gasteiger partial charge in [0.15, 0.2) is 16.7 Å². The summed E-state index contributed by atoms with van der Waals surface area (Å²) in [6.45, 7) is -0.956. The van der Waals surface area contributed by atoms with Crippen molar-refractivity contribution in [3.63, 3.8) is 0 Å². The maximum Gasteiger partial charge on any atom is 0.340 e. The van der Waals surface area contributed by atoms with Crippen molar-refractivity contribution in [3.8, 4) is 17.4 Å². The van der Waals surface area contributed by atoms with Gasteiger partial charge in [0.2, 0.25) is 5.88 Å². The number of benzene rings is 1. The summed E-state index contributed by atoms with van der Waals surface area (Å²) in [4.78, 5) is 15.9. The largest absolute Gasteiger partial charge is 0.470 e. The summed E-state index contributed by atoms with van der Waals surface area (Å²) < 4.78 is 97.9. The molecule has 0 radical (unpaired) electrons. The van der Waals surface area contributed by atoms with Crippen molar-refractivity contribution < 1.29 is 40.4 Å².